The molecule has 2 aromatic rings. The van der Waals surface area contributed by atoms with Crippen LogP contribution in [-0.4, -0.2) is 38.4 Å². The van der Waals surface area contributed by atoms with Crippen LogP contribution in [0.2, 0.25) is 5.02 Å². The first kappa shape index (κ1) is 17.3. The standard InChI is InChI=1S/C17H21ClN4OS/c1-21(11-13-6-8-14(18)9-7-13)16(23)12-24-17-20-19-15-5-3-2-4-10-22(15)17/h6-9H,2-5,10-12H2,1H3. The quantitative estimate of drug-likeness (QED) is 0.763. The van der Waals surface area contributed by atoms with Gasteiger partial charge in [0.15, 0.2) is 5.16 Å². The van der Waals surface area contributed by atoms with E-state index in [2.05, 4.69) is 14.8 Å². The van der Waals surface area contributed by atoms with Gasteiger partial charge >= 0.3 is 0 Å². The van der Waals surface area contributed by atoms with Crippen LogP contribution in [0.4, 0.5) is 0 Å². The first-order chi connectivity index (χ1) is 11.6. The molecule has 1 aliphatic rings. The smallest absolute Gasteiger partial charge is 0.233 e. The molecule has 0 saturated carbocycles. The second kappa shape index (κ2) is 8.03. The van der Waals surface area contributed by atoms with Crippen LogP contribution in [0, 0.1) is 0 Å². The predicted molar refractivity (Wildman–Crippen MR) is 96.2 cm³/mol. The highest BCUT2D eigenvalue weighted by Crippen LogP contribution is 2.22. The van der Waals surface area contributed by atoms with Crippen molar-refractivity contribution >= 4 is 29.3 Å². The van der Waals surface area contributed by atoms with Crippen LogP contribution in [0.1, 0.15) is 30.7 Å². The Kier molecular flexibility index (Phi) is 5.79. The fourth-order valence-corrected chi connectivity index (χ4v) is 3.80. The summed E-state index contributed by atoms with van der Waals surface area (Å²) in [4.78, 5) is 14.1. The molecule has 0 fully saturated rings. The lowest BCUT2D eigenvalue weighted by Crippen LogP contribution is -2.27. The number of aryl methyl sites for hydroxylation is 1. The zero-order chi connectivity index (χ0) is 16.9. The summed E-state index contributed by atoms with van der Waals surface area (Å²) in [6, 6.07) is 7.57. The van der Waals surface area contributed by atoms with E-state index in [9.17, 15) is 4.79 Å². The Hall–Kier alpha value is -1.53. The number of thioether (sulfide) groups is 1. The summed E-state index contributed by atoms with van der Waals surface area (Å²) in [6.45, 7) is 1.54. The molecule has 0 bridgehead atoms. The third-order valence-electron chi connectivity index (χ3n) is 4.16. The summed E-state index contributed by atoms with van der Waals surface area (Å²) in [5.41, 5.74) is 1.07. The van der Waals surface area contributed by atoms with E-state index in [0.29, 0.717) is 17.3 Å². The van der Waals surface area contributed by atoms with Crippen molar-refractivity contribution in [3.8, 4) is 0 Å². The molecule has 1 aromatic heterocycles. The van der Waals surface area contributed by atoms with Crippen LogP contribution in [0.3, 0.4) is 0 Å². The van der Waals surface area contributed by atoms with Crippen molar-refractivity contribution < 1.29 is 4.79 Å². The Labute approximate surface area is 151 Å². The van der Waals surface area contributed by atoms with Crippen molar-refractivity contribution in [3.05, 3.63) is 40.7 Å². The molecule has 0 atom stereocenters. The Morgan fingerprint density at radius 3 is 2.83 bits per heavy atom. The zero-order valence-electron chi connectivity index (χ0n) is 13.7. The summed E-state index contributed by atoms with van der Waals surface area (Å²) in [6.07, 6.45) is 4.54. The van der Waals surface area contributed by atoms with Crippen molar-refractivity contribution in [2.24, 2.45) is 0 Å². The summed E-state index contributed by atoms with van der Waals surface area (Å²) >= 11 is 7.37. The van der Waals surface area contributed by atoms with E-state index in [1.54, 1.807) is 4.90 Å². The van der Waals surface area contributed by atoms with Gasteiger partial charge in [0.25, 0.3) is 0 Å². The Balaban J connectivity index is 1.55. The molecule has 0 unspecified atom stereocenters. The van der Waals surface area contributed by atoms with E-state index < -0.39 is 0 Å². The normalized spacial score (nSPS) is 14.1. The van der Waals surface area contributed by atoms with E-state index in [0.717, 1.165) is 35.9 Å². The summed E-state index contributed by atoms with van der Waals surface area (Å²) in [5, 5.41) is 10.1. The molecule has 5 nitrogen and oxygen atoms in total. The van der Waals surface area contributed by atoms with Crippen molar-refractivity contribution in [1.29, 1.82) is 0 Å². The topological polar surface area (TPSA) is 51.0 Å². The van der Waals surface area contributed by atoms with Crippen molar-refractivity contribution in [2.45, 2.75) is 43.9 Å². The summed E-state index contributed by atoms with van der Waals surface area (Å²) < 4.78 is 2.17. The molecule has 1 amide bonds. The molecule has 0 N–H and O–H groups in total. The van der Waals surface area contributed by atoms with Gasteiger partial charge < -0.3 is 9.47 Å². The molecular weight excluding hydrogens is 344 g/mol. The molecule has 128 valence electrons. The fourth-order valence-electron chi connectivity index (χ4n) is 2.75. The average Bonchev–Trinajstić information content (AvgIpc) is 2.81. The largest absolute Gasteiger partial charge is 0.341 e. The monoisotopic (exact) mass is 364 g/mol. The molecular formula is C17H21ClN4OS. The van der Waals surface area contributed by atoms with Crippen LogP contribution in [-0.2, 0) is 24.3 Å². The molecule has 1 aliphatic heterocycles. The molecule has 0 radical (unpaired) electrons. The number of hydrogen-bond donors (Lipinski definition) is 0. The fraction of sp³-hybridized carbons (Fsp3) is 0.471. The second-order valence-electron chi connectivity index (χ2n) is 6.03. The molecule has 0 saturated heterocycles. The maximum Gasteiger partial charge on any atom is 0.233 e. The van der Waals surface area contributed by atoms with Crippen molar-refractivity contribution in [1.82, 2.24) is 19.7 Å². The number of halogens is 1. The van der Waals surface area contributed by atoms with E-state index in [-0.39, 0.29) is 5.91 Å². The SMILES string of the molecule is CN(Cc1ccc(Cl)cc1)C(=O)CSc1nnc2n1CCCCC2. The molecule has 24 heavy (non-hydrogen) atoms. The van der Waals surface area contributed by atoms with E-state index in [1.165, 1.54) is 24.6 Å². The summed E-state index contributed by atoms with van der Waals surface area (Å²) in [5.74, 6) is 1.51. The minimum atomic E-state index is 0.0842. The van der Waals surface area contributed by atoms with Gasteiger partial charge in [-0.05, 0) is 30.5 Å². The molecule has 2 heterocycles. The highest BCUT2D eigenvalue weighted by atomic mass is 35.5. The van der Waals surface area contributed by atoms with Crippen molar-refractivity contribution in [2.75, 3.05) is 12.8 Å². The lowest BCUT2D eigenvalue weighted by molar-refractivity contribution is -0.127. The van der Waals surface area contributed by atoms with Gasteiger partial charge in [-0.3, -0.25) is 4.79 Å². The van der Waals surface area contributed by atoms with Crippen LogP contribution < -0.4 is 0 Å². The van der Waals surface area contributed by atoms with Crippen LogP contribution >= 0.6 is 23.4 Å². The Bertz CT molecular complexity index is 701. The van der Waals surface area contributed by atoms with Gasteiger partial charge in [0.2, 0.25) is 5.91 Å². The lowest BCUT2D eigenvalue weighted by Gasteiger charge is -2.17. The molecule has 0 spiro atoms. The second-order valence-corrected chi connectivity index (χ2v) is 7.40. The van der Waals surface area contributed by atoms with E-state index in [4.69, 9.17) is 11.6 Å². The number of hydrogen-bond acceptors (Lipinski definition) is 4. The predicted octanol–water partition coefficient (Wildman–Crippen LogP) is 3.41. The summed E-state index contributed by atoms with van der Waals surface area (Å²) in [7, 11) is 1.82. The molecule has 0 aliphatic carbocycles. The first-order valence-electron chi connectivity index (χ1n) is 8.17. The zero-order valence-corrected chi connectivity index (χ0v) is 15.3. The number of rotatable bonds is 5. The maximum atomic E-state index is 12.4. The minimum Gasteiger partial charge on any atom is -0.341 e. The van der Waals surface area contributed by atoms with E-state index in [1.807, 2.05) is 31.3 Å². The number of amides is 1. The van der Waals surface area contributed by atoms with Gasteiger partial charge in [0.05, 0.1) is 5.75 Å². The third-order valence-corrected chi connectivity index (χ3v) is 5.36. The number of carbonyl (C=O) groups excluding carboxylic acids is 1. The maximum absolute atomic E-state index is 12.4. The van der Waals surface area contributed by atoms with Crippen LogP contribution in [0.5, 0.6) is 0 Å². The molecule has 3 rings (SSSR count). The van der Waals surface area contributed by atoms with Crippen LogP contribution in [0.25, 0.3) is 0 Å². The number of carbonyl (C=O) groups is 1. The highest BCUT2D eigenvalue weighted by molar-refractivity contribution is 7.99. The number of fused-ring (bicyclic) bond motifs is 1. The third kappa shape index (κ3) is 4.30. The Morgan fingerprint density at radius 2 is 2.04 bits per heavy atom. The molecule has 7 heteroatoms. The number of benzene rings is 1. The van der Waals surface area contributed by atoms with Gasteiger partial charge in [0.1, 0.15) is 5.82 Å². The highest BCUT2D eigenvalue weighted by Gasteiger charge is 2.17. The van der Waals surface area contributed by atoms with Gasteiger partial charge in [-0.15, -0.1) is 10.2 Å². The van der Waals surface area contributed by atoms with Gasteiger partial charge in [-0.25, -0.2) is 0 Å². The van der Waals surface area contributed by atoms with Gasteiger partial charge in [-0.1, -0.05) is 41.9 Å². The number of nitrogens with zero attached hydrogens (tertiary/aromatic N) is 4. The van der Waals surface area contributed by atoms with Gasteiger partial charge in [-0.2, -0.15) is 0 Å². The molecule has 1 aromatic carbocycles. The van der Waals surface area contributed by atoms with Gasteiger partial charge in [0, 0.05) is 31.6 Å². The average molecular weight is 365 g/mol. The van der Waals surface area contributed by atoms with Crippen LogP contribution in [0.15, 0.2) is 29.4 Å². The number of aromatic nitrogens is 3. The Morgan fingerprint density at radius 1 is 1.25 bits per heavy atom. The first-order valence-corrected chi connectivity index (χ1v) is 9.53. The minimum absolute atomic E-state index is 0.0842. The lowest BCUT2D eigenvalue weighted by atomic mass is 10.2. The van der Waals surface area contributed by atoms with E-state index >= 15 is 0 Å². The van der Waals surface area contributed by atoms with Crippen molar-refractivity contribution in [3.63, 3.8) is 0 Å².